The number of carbonyl (C=O) groups excluding carboxylic acids is 1. The molecule has 1 aromatic carbocycles. The first-order chi connectivity index (χ1) is 11.4. The monoisotopic (exact) mass is 383 g/mol. The Hall–Kier alpha value is -1.32. The molecule has 4 nitrogen and oxygen atoms in total. The molecule has 0 aliphatic heterocycles. The van der Waals surface area contributed by atoms with Gasteiger partial charge in [-0.2, -0.15) is 8.78 Å². The Balaban J connectivity index is 3.59. The van der Waals surface area contributed by atoms with E-state index in [-0.39, 0.29) is 6.61 Å². The number of benzene rings is 1. The SMILES string of the molecule is CCOC(=O)C(F)(F)[C@](CF)(N[S+]([O-])C(C)(C)C)c1ccccc1F. The van der Waals surface area contributed by atoms with E-state index in [1.54, 1.807) is 0 Å². The molecule has 1 aromatic rings. The number of nitrogens with one attached hydrogen (secondary N) is 1. The van der Waals surface area contributed by atoms with Gasteiger partial charge >= 0.3 is 11.9 Å². The van der Waals surface area contributed by atoms with Crippen molar-refractivity contribution in [3.63, 3.8) is 0 Å². The standard InChI is InChI=1S/C16H21F4NO3S/c1-5-24-13(22)16(19,20)15(10-17,21-25(23)14(2,3)4)11-8-6-7-9-12(11)18/h6-9,21H,5,10H2,1-4H3/t15-,25?/m1/s1. The molecule has 0 amide bonds. The summed E-state index contributed by atoms with van der Waals surface area (Å²) < 4.78 is 75.5. The topological polar surface area (TPSA) is 61.4 Å². The molecule has 0 aromatic heterocycles. The summed E-state index contributed by atoms with van der Waals surface area (Å²) in [6, 6.07) is 4.20. The fourth-order valence-electron chi connectivity index (χ4n) is 1.99. The summed E-state index contributed by atoms with van der Waals surface area (Å²) in [5.74, 6) is -7.71. The first-order valence-corrected chi connectivity index (χ1v) is 8.64. The number of ether oxygens (including phenoxy) is 1. The van der Waals surface area contributed by atoms with Crippen molar-refractivity contribution in [2.24, 2.45) is 0 Å². The average molecular weight is 383 g/mol. The van der Waals surface area contributed by atoms with Crippen molar-refractivity contribution in [3.05, 3.63) is 35.6 Å². The zero-order chi connectivity index (χ0) is 19.5. The molecule has 0 saturated carbocycles. The van der Waals surface area contributed by atoms with Gasteiger partial charge in [0, 0.05) is 16.9 Å². The minimum atomic E-state index is -4.51. The second-order valence-electron chi connectivity index (χ2n) is 6.30. The molecule has 9 heteroatoms. The maximum absolute atomic E-state index is 14.9. The summed E-state index contributed by atoms with van der Waals surface area (Å²) in [6.45, 7) is 3.42. The molecule has 0 aliphatic carbocycles. The molecule has 25 heavy (non-hydrogen) atoms. The van der Waals surface area contributed by atoms with E-state index in [1.807, 2.05) is 4.72 Å². The smallest absolute Gasteiger partial charge is 0.379 e. The van der Waals surface area contributed by atoms with Crippen molar-refractivity contribution in [1.82, 2.24) is 4.72 Å². The van der Waals surface area contributed by atoms with Crippen LogP contribution >= 0.6 is 0 Å². The first-order valence-electron chi connectivity index (χ1n) is 7.49. The number of halogens is 4. The van der Waals surface area contributed by atoms with Gasteiger partial charge in [-0.05, 0) is 33.8 Å². The van der Waals surface area contributed by atoms with Crippen molar-refractivity contribution in [2.75, 3.05) is 13.3 Å². The fraction of sp³-hybridized carbons (Fsp3) is 0.562. The third kappa shape index (κ3) is 4.27. The second kappa shape index (κ2) is 7.92. The van der Waals surface area contributed by atoms with Crippen molar-refractivity contribution < 1.29 is 31.6 Å². The number of esters is 1. The lowest BCUT2D eigenvalue weighted by Crippen LogP contribution is -2.65. The summed E-state index contributed by atoms with van der Waals surface area (Å²) in [5.41, 5.74) is -3.99. The fourth-order valence-corrected chi connectivity index (χ4v) is 2.90. The zero-order valence-electron chi connectivity index (χ0n) is 14.4. The minimum absolute atomic E-state index is 0.379. The summed E-state index contributed by atoms with van der Waals surface area (Å²) in [5, 5.41) is 0. The van der Waals surface area contributed by atoms with E-state index >= 15 is 0 Å². The van der Waals surface area contributed by atoms with Crippen LogP contribution in [0.5, 0.6) is 0 Å². The number of hydrogen-bond donors (Lipinski definition) is 1. The van der Waals surface area contributed by atoms with Gasteiger partial charge in [-0.25, -0.2) is 13.6 Å². The molecular formula is C16H21F4NO3S. The Morgan fingerprint density at radius 3 is 2.28 bits per heavy atom. The van der Waals surface area contributed by atoms with Crippen molar-refractivity contribution in [3.8, 4) is 0 Å². The van der Waals surface area contributed by atoms with E-state index in [9.17, 15) is 26.9 Å². The third-order valence-electron chi connectivity index (χ3n) is 3.43. The van der Waals surface area contributed by atoms with Gasteiger partial charge < -0.3 is 9.29 Å². The molecule has 2 atom stereocenters. The van der Waals surface area contributed by atoms with Gasteiger partial charge in [0.1, 0.15) is 17.2 Å². The third-order valence-corrected chi connectivity index (χ3v) is 5.07. The van der Waals surface area contributed by atoms with Crippen LogP contribution in [0, 0.1) is 5.82 Å². The van der Waals surface area contributed by atoms with Crippen LogP contribution in [-0.2, 0) is 26.4 Å². The highest BCUT2D eigenvalue weighted by atomic mass is 32.2. The Morgan fingerprint density at radius 2 is 1.84 bits per heavy atom. The van der Waals surface area contributed by atoms with E-state index < -0.39 is 51.6 Å². The predicted molar refractivity (Wildman–Crippen MR) is 86.7 cm³/mol. The van der Waals surface area contributed by atoms with Gasteiger partial charge in [0.15, 0.2) is 5.54 Å². The largest absolute Gasteiger partial charge is 0.598 e. The highest BCUT2D eigenvalue weighted by Crippen LogP contribution is 2.42. The highest BCUT2D eigenvalue weighted by molar-refractivity contribution is 7.90. The molecule has 0 bridgehead atoms. The minimum Gasteiger partial charge on any atom is -0.598 e. The molecule has 0 radical (unpaired) electrons. The summed E-state index contributed by atoms with van der Waals surface area (Å²) in [6.07, 6.45) is 0. The quantitative estimate of drug-likeness (QED) is 0.446. The molecule has 0 spiro atoms. The van der Waals surface area contributed by atoms with Crippen LogP contribution in [0.3, 0.4) is 0 Å². The van der Waals surface area contributed by atoms with Gasteiger partial charge in [0.2, 0.25) is 0 Å². The van der Waals surface area contributed by atoms with E-state index in [0.29, 0.717) is 0 Å². The Morgan fingerprint density at radius 1 is 1.28 bits per heavy atom. The van der Waals surface area contributed by atoms with Crippen LogP contribution < -0.4 is 4.72 Å². The van der Waals surface area contributed by atoms with Crippen molar-refractivity contribution >= 4 is 17.3 Å². The van der Waals surface area contributed by atoms with E-state index in [0.717, 1.165) is 12.1 Å². The Bertz CT molecular complexity index is 609. The Labute approximate surface area is 147 Å². The number of alkyl halides is 3. The molecule has 0 saturated heterocycles. The van der Waals surface area contributed by atoms with Crippen LogP contribution in [0.2, 0.25) is 0 Å². The van der Waals surface area contributed by atoms with Gasteiger partial charge in [-0.3, -0.25) is 0 Å². The highest BCUT2D eigenvalue weighted by Gasteiger charge is 2.65. The summed E-state index contributed by atoms with van der Waals surface area (Å²) in [7, 11) is 0. The predicted octanol–water partition coefficient (Wildman–Crippen LogP) is 3.24. The molecule has 0 aliphatic rings. The van der Waals surface area contributed by atoms with Crippen LogP contribution in [0.25, 0.3) is 0 Å². The van der Waals surface area contributed by atoms with Crippen LogP contribution in [-0.4, -0.2) is 34.5 Å². The van der Waals surface area contributed by atoms with Gasteiger partial charge in [-0.1, -0.05) is 18.2 Å². The van der Waals surface area contributed by atoms with E-state index in [1.165, 1.54) is 39.8 Å². The molecule has 0 heterocycles. The maximum atomic E-state index is 14.9. The molecular weight excluding hydrogens is 362 g/mol. The first kappa shape index (κ1) is 21.7. The van der Waals surface area contributed by atoms with Crippen LogP contribution in [0.4, 0.5) is 17.6 Å². The molecule has 1 rings (SSSR count). The lowest BCUT2D eigenvalue weighted by atomic mass is 9.85. The van der Waals surface area contributed by atoms with Crippen molar-refractivity contribution in [2.45, 2.75) is 43.9 Å². The van der Waals surface area contributed by atoms with Gasteiger partial charge in [0.25, 0.3) is 0 Å². The number of carbonyl (C=O) groups is 1. The molecule has 0 fully saturated rings. The van der Waals surface area contributed by atoms with E-state index in [4.69, 9.17) is 0 Å². The lowest BCUT2D eigenvalue weighted by Gasteiger charge is -2.39. The maximum Gasteiger partial charge on any atom is 0.379 e. The van der Waals surface area contributed by atoms with Crippen molar-refractivity contribution in [1.29, 1.82) is 0 Å². The van der Waals surface area contributed by atoms with Crippen LogP contribution in [0.15, 0.2) is 24.3 Å². The second-order valence-corrected chi connectivity index (χ2v) is 8.26. The normalized spacial score (nSPS) is 16.2. The zero-order valence-corrected chi connectivity index (χ0v) is 15.2. The van der Waals surface area contributed by atoms with E-state index in [2.05, 4.69) is 4.74 Å². The number of hydrogen-bond acceptors (Lipinski definition) is 4. The van der Waals surface area contributed by atoms with Gasteiger partial charge in [0.05, 0.1) is 6.61 Å². The Kier molecular flexibility index (Phi) is 6.88. The molecule has 1 unspecified atom stereocenters. The molecule has 142 valence electrons. The lowest BCUT2D eigenvalue weighted by molar-refractivity contribution is -0.186. The summed E-state index contributed by atoms with van der Waals surface area (Å²) in [4.78, 5) is 11.8. The average Bonchev–Trinajstić information content (AvgIpc) is 2.52. The van der Waals surface area contributed by atoms with Crippen LogP contribution in [0.1, 0.15) is 33.3 Å². The van der Waals surface area contributed by atoms with Gasteiger partial charge in [-0.15, -0.1) is 4.72 Å². The number of rotatable bonds is 7. The summed E-state index contributed by atoms with van der Waals surface area (Å²) >= 11 is -2.23. The molecule has 1 N–H and O–H groups in total.